The molecule has 2 aromatic heterocycles. The maximum Gasteiger partial charge on any atom is 0.231 e. The number of quaternary nitrogens is 1. The predicted octanol–water partition coefficient (Wildman–Crippen LogP) is 3.48. The zero-order valence-electron chi connectivity index (χ0n) is 15.8. The van der Waals surface area contributed by atoms with Gasteiger partial charge in [0.1, 0.15) is 30.2 Å². The number of fused-ring (bicyclic) bond motifs is 1. The molecule has 1 aliphatic rings. The SMILES string of the molecule is Cc1cc(Oc2nc(C[NH+]3CCOCC3)nc3sc(C)c(C)c23)ccc1Cl. The van der Waals surface area contributed by atoms with Crippen LogP contribution in [0.3, 0.4) is 0 Å². The van der Waals surface area contributed by atoms with Gasteiger partial charge in [0, 0.05) is 9.90 Å². The van der Waals surface area contributed by atoms with E-state index in [0.29, 0.717) is 5.88 Å². The first-order chi connectivity index (χ1) is 13.0. The minimum absolute atomic E-state index is 0.631. The van der Waals surface area contributed by atoms with Gasteiger partial charge in [-0.1, -0.05) is 11.6 Å². The largest absolute Gasteiger partial charge is 0.438 e. The molecule has 0 amide bonds. The third-order valence-electron chi connectivity index (χ3n) is 4.99. The second-order valence-electron chi connectivity index (χ2n) is 6.96. The Balaban J connectivity index is 1.72. The van der Waals surface area contributed by atoms with Gasteiger partial charge < -0.3 is 14.4 Å². The van der Waals surface area contributed by atoms with Crippen molar-refractivity contribution in [1.29, 1.82) is 0 Å². The Morgan fingerprint density at radius 1 is 1.19 bits per heavy atom. The van der Waals surface area contributed by atoms with E-state index in [2.05, 4.69) is 13.8 Å². The van der Waals surface area contributed by atoms with Crippen molar-refractivity contribution in [1.82, 2.24) is 9.97 Å². The third-order valence-corrected chi connectivity index (χ3v) is 6.52. The van der Waals surface area contributed by atoms with Gasteiger partial charge in [-0.15, -0.1) is 11.3 Å². The fourth-order valence-electron chi connectivity index (χ4n) is 3.26. The monoisotopic (exact) mass is 404 g/mol. The summed E-state index contributed by atoms with van der Waals surface area (Å²) >= 11 is 7.85. The number of rotatable bonds is 4. The van der Waals surface area contributed by atoms with Crippen molar-refractivity contribution >= 4 is 33.2 Å². The highest BCUT2D eigenvalue weighted by Gasteiger charge is 2.20. The van der Waals surface area contributed by atoms with E-state index in [4.69, 9.17) is 31.0 Å². The molecular weight excluding hydrogens is 382 g/mol. The average molecular weight is 405 g/mol. The first kappa shape index (κ1) is 18.6. The maximum atomic E-state index is 6.21. The molecule has 0 atom stereocenters. The zero-order chi connectivity index (χ0) is 19.0. The number of benzene rings is 1. The molecule has 1 aliphatic heterocycles. The lowest BCUT2D eigenvalue weighted by atomic mass is 10.2. The Morgan fingerprint density at radius 3 is 2.70 bits per heavy atom. The van der Waals surface area contributed by atoms with E-state index in [9.17, 15) is 0 Å². The lowest BCUT2D eigenvalue weighted by Crippen LogP contribution is -3.12. The first-order valence-corrected chi connectivity index (χ1v) is 10.3. The average Bonchev–Trinajstić information content (AvgIpc) is 2.93. The van der Waals surface area contributed by atoms with Crippen LogP contribution in [0, 0.1) is 20.8 Å². The summed E-state index contributed by atoms with van der Waals surface area (Å²) < 4.78 is 11.7. The van der Waals surface area contributed by atoms with E-state index in [1.807, 2.05) is 25.1 Å². The number of aryl methyl sites for hydroxylation is 3. The number of nitrogens with one attached hydrogen (secondary N) is 1. The van der Waals surface area contributed by atoms with Crippen LogP contribution >= 0.6 is 22.9 Å². The van der Waals surface area contributed by atoms with Gasteiger partial charge in [0.15, 0.2) is 5.82 Å². The topological polar surface area (TPSA) is 48.7 Å². The molecule has 1 N–H and O–H groups in total. The van der Waals surface area contributed by atoms with E-state index in [1.54, 1.807) is 11.3 Å². The Bertz CT molecular complexity index is 983. The summed E-state index contributed by atoms with van der Waals surface area (Å²) in [6, 6.07) is 5.68. The number of halogens is 1. The van der Waals surface area contributed by atoms with Crippen molar-refractivity contribution in [2.24, 2.45) is 0 Å². The molecule has 0 saturated carbocycles. The number of nitrogens with zero attached hydrogens (tertiary/aromatic N) is 2. The van der Waals surface area contributed by atoms with E-state index in [-0.39, 0.29) is 0 Å². The van der Waals surface area contributed by atoms with Crippen LogP contribution in [0.5, 0.6) is 11.6 Å². The molecule has 0 unspecified atom stereocenters. The second-order valence-corrected chi connectivity index (χ2v) is 8.57. The quantitative estimate of drug-likeness (QED) is 0.723. The molecule has 5 nitrogen and oxygen atoms in total. The van der Waals surface area contributed by atoms with Crippen LogP contribution in [0.1, 0.15) is 21.8 Å². The van der Waals surface area contributed by atoms with Crippen LogP contribution in [-0.2, 0) is 11.3 Å². The smallest absolute Gasteiger partial charge is 0.231 e. The van der Waals surface area contributed by atoms with E-state index in [0.717, 1.165) is 65.2 Å². The number of hydrogen-bond donors (Lipinski definition) is 1. The molecule has 4 rings (SSSR count). The van der Waals surface area contributed by atoms with Gasteiger partial charge in [0.25, 0.3) is 0 Å². The van der Waals surface area contributed by atoms with Crippen molar-refractivity contribution in [2.45, 2.75) is 27.3 Å². The summed E-state index contributed by atoms with van der Waals surface area (Å²) in [5.41, 5.74) is 2.16. The van der Waals surface area contributed by atoms with E-state index >= 15 is 0 Å². The van der Waals surface area contributed by atoms with Gasteiger partial charge in [-0.25, -0.2) is 4.98 Å². The van der Waals surface area contributed by atoms with Crippen molar-refractivity contribution in [2.75, 3.05) is 26.3 Å². The number of ether oxygens (including phenoxy) is 2. The van der Waals surface area contributed by atoms with Crippen molar-refractivity contribution in [3.63, 3.8) is 0 Å². The summed E-state index contributed by atoms with van der Waals surface area (Å²) in [6.07, 6.45) is 0. The van der Waals surface area contributed by atoms with Gasteiger partial charge in [0.05, 0.1) is 18.6 Å². The zero-order valence-corrected chi connectivity index (χ0v) is 17.3. The summed E-state index contributed by atoms with van der Waals surface area (Å²) in [7, 11) is 0. The molecule has 1 fully saturated rings. The number of hydrogen-bond acceptors (Lipinski definition) is 5. The summed E-state index contributed by atoms with van der Waals surface area (Å²) in [5, 5.41) is 1.74. The maximum absolute atomic E-state index is 6.21. The van der Waals surface area contributed by atoms with Crippen LogP contribution in [-0.4, -0.2) is 36.3 Å². The molecule has 1 saturated heterocycles. The Morgan fingerprint density at radius 2 is 1.96 bits per heavy atom. The van der Waals surface area contributed by atoms with E-state index in [1.165, 1.54) is 15.3 Å². The van der Waals surface area contributed by atoms with Crippen molar-refractivity contribution in [3.8, 4) is 11.6 Å². The van der Waals surface area contributed by atoms with Gasteiger partial charge in [-0.3, -0.25) is 0 Å². The Labute approximate surface area is 167 Å². The Kier molecular flexibility index (Phi) is 5.32. The van der Waals surface area contributed by atoms with Crippen molar-refractivity contribution < 1.29 is 14.4 Å². The fraction of sp³-hybridized carbons (Fsp3) is 0.400. The molecule has 1 aromatic carbocycles. The third kappa shape index (κ3) is 3.94. The molecule has 3 aromatic rings. The summed E-state index contributed by atoms with van der Waals surface area (Å²) in [5.74, 6) is 2.19. The molecule has 3 heterocycles. The number of aromatic nitrogens is 2. The van der Waals surface area contributed by atoms with Crippen LogP contribution in [0.25, 0.3) is 10.2 Å². The molecule has 0 aliphatic carbocycles. The van der Waals surface area contributed by atoms with Crippen LogP contribution in [0.15, 0.2) is 18.2 Å². The van der Waals surface area contributed by atoms with Gasteiger partial charge >= 0.3 is 0 Å². The molecule has 142 valence electrons. The first-order valence-electron chi connectivity index (χ1n) is 9.13. The fourth-order valence-corrected chi connectivity index (χ4v) is 4.42. The number of morpholine rings is 1. The van der Waals surface area contributed by atoms with Gasteiger partial charge in [-0.05, 0) is 50.1 Å². The van der Waals surface area contributed by atoms with Crippen molar-refractivity contribution in [3.05, 3.63) is 45.1 Å². The summed E-state index contributed by atoms with van der Waals surface area (Å²) in [6.45, 7) is 10.5. The highest BCUT2D eigenvalue weighted by Crippen LogP contribution is 2.36. The lowest BCUT2D eigenvalue weighted by molar-refractivity contribution is -0.922. The minimum atomic E-state index is 0.631. The minimum Gasteiger partial charge on any atom is -0.438 e. The number of thiophene rings is 1. The van der Waals surface area contributed by atoms with Crippen LogP contribution in [0.4, 0.5) is 0 Å². The van der Waals surface area contributed by atoms with Crippen LogP contribution in [0.2, 0.25) is 5.02 Å². The molecular formula is C20H23ClN3O2S+. The molecule has 7 heteroatoms. The normalized spacial score (nSPS) is 15.4. The van der Waals surface area contributed by atoms with Crippen LogP contribution < -0.4 is 9.64 Å². The van der Waals surface area contributed by atoms with Gasteiger partial charge in [0.2, 0.25) is 5.88 Å². The highest BCUT2D eigenvalue weighted by atomic mass is 35.5. The molecule has 0 spiro atoms. The lowest BCUT2D eigenvalue weighted by Gasteiger charge is -2.23. The molecule has 0 radical (unpaired) electrons. The standard InChI is InChI=1S/C20H22ClN3O2S/c1-12-10-15(4-5-16(12)21)26-19-18-13(2)14(3)27-20(18)23-17(22-19)11-24-6-8-25-9-7-24/h4-5,10H,6-9,11H2,1-3H3/p+1. The predicted molar refractivity (Wildman–Crippen MR) is 108 cm³/mol. The molecule has 27 heavy (non-hydrogen) atoms. The Hall–Kier alpha value is -1.73. The van der Waals surface area contributed by atoms with E-state index < -0.39 is 0 Å². The second kappa shape index (κ2) is 7.72. The molecule has 0 bridgehead atoms. The summed E-state index contributed by atoms with van der Waals surface area (Å²) in [4.78, 5) is 13.3. The highest BCUT2D eigenvalue weighted by molar-refractivity contribution is 7.18. The van der Waals surface area contributed by atoms with Gasteiger partial charge in [-0.2, -0.15) is 4.98 Å².